The maximum atomic E-state index is 10.6. The normalized spacial score (nSPS) is 26.2. The second-order valence-corrected chi connectivity index (χ2v) is 4.75. The summed E-state index contributed by atoms with van der Waals surface area (Å²) in [5, 5.41) is 18.4. The molecule has 0 unspecified atom stereocenters. The fourth-order valence-electron chi connectivity index (χ4n) is 2.64. The predicted molar refractivity (Wildman–Crippen MR) is 59.0 cm³/mol. The van der Waals surface area contributed by atoms with Crippen molar-refractivity contribution in [2.24, 2.45) is 0 Å². The van der Waals surface area contributed by atoms with Gasteiger partial charge in [-0.1, -0.05) is 0 Å². The molecule has 1 aromatic rings. The molecule has 2 fully saturated rings. The van der Waals surface area contributed by atoms with Crippen molar-refractivity contribution in [3.63, 3.8) is 0 Å². The second kappa shape index (κ2) is 4.01. The zero-order valence-electron chi connectivity index (χ0n) is 9.63. The first-order valence-electron chi connectivity index (χ1n) is 6.01. The van der Waals surface area contributed by atoms with E-state index >= 15 is 0 Å². The quantitative estimate of drug-likeness (QED) is 0.787. The van der Waals surface area contributed by atoms with E-state index in [0.717, 1.165) is 0 Å². The molecule has 2 aliphatic rings. The van der Waals surface area contributed by atoms with Crippen molar-refractivity contribution in [1.82, 2.24) is 10.2 Å². The van der Waals surface area contributed by atoms with Crippen molar-refractivity contribution in [3.05, 3.63) is 24.0 Å². The Kier molecular flexibility index (Phi) is 2.61. The van der Waals surface area contributed by atoms with E-state index in [2.05, 4.69) is 10.2 Å². The number of ether oxygens (including phenoxy) is 2. The summed E-state index contributed by atoms with van der Waals surface area (Å²) in [5.41, 5.74) is -0.234. The number of nitrogens with zero attached hydrogens (tertiary/aromatic N) is 2. The Morgan fingerprint density at radius 3 is 2.41 bits per heavy atom. The van der Waals surface area contributed by atoms with Gasteiger partial charge in [0.05, 0.1) is 18.9 Å². The van der Waals surface area contributed by atoms with Crippen LogP contribution in [0.3, 0.4) is 0 Å². The number of aliphatic hydroxyl groups is 1. The SMILES string of the molecule is OC1(c2cccnn2)CCC2(CC1)OCCO2. The minimum atomic E-state index is -0.880. The standard InChI is InChI=1S/C12H16N2O3/c15-11(10-2-1-7-13-14-10)3-5-12(6-4-11)16-8-9-17-12/h1-2,7,15H,3-6,8-9H2. The number of hydrogen-bond donors (Lipinski definition) is 1. The molecule has 1 saturated heterocycles. The van der Waals surface area contributed by atoms with E-state index in [-0.39, 0.29) is 0 Å². The van der Waals surface area contributed by atoms with E-state index in [9.17, 15) is 5.11 Å². The average Bonchev–Trinajstić information content (AvgIpc) is 2.84. The number of aromatic nitrogens is 2. The minimum Gasteiger partial charge on any atom is -0.383 e. The van der Waals surface area contributed by atoms with Crippen molar-refractivity contribution in [3.8, 4) is 0 Å². The molecule has 1 aliphatic heterocycles. The minimum absolute atomic E-state index is 0.450. The molecule has 0 bridgehead atoms. The molecule has 3 rings (SSSR count). The molecule has 2 heterocycles. The third-order valence-electron chi connectivity index (χ3n) is 3.70. The van der Waals surface area contributed by atoms with E-state index in [1.54, 1.807) is 12.3 Å². The van der Waals surface area contributed by atoms with Gasteiger partial charge in [0.2, 0.25) is 0 Å². The Hall–Kier alpha value is -1.04. The van der Waals surface area contributed by atoms with Gasteiger partial charge in [-0.15, -0.1) is 0 Å². The lowest BCUT2D eigenvalue weighted by Crippen LogP contribution is -2.42. The van der Waals surface area contributed by atoms with E-state index in [1.807, 2.05) is 6.07 Å². The van der Waals surface area contributed by atoms with Crippen LogP contribution in [0, 0.1) is 0 Å². The van der Waals surface area contributed by atoms with Crippen LogP contribution >= 0.6 is 0 Å². The Morgan fingerprint density at radius 1 is 1.12 bits per heavy atom. The molecule has 1 aromatic heterocycles. The summed E-state index contributed by atoms with van der Waals surface area (Å²) < 4.78 is 11.3. The summed E-state index contributed by atoms with van der Waals surface area (Å²) in [7, 11) is 0. The Bertz CT molecular complexity index is 380. The predicted octanol–water partition coefficient (Wildman–Crippen LogP) is 0.981. The highest BCUT2D eigenvalue weighted by Crippen LogP contribution is 2.44. The number of rotatable bonds is 1. The summed E-state index contributed by atoms with van der Waals surface area (Å²) in [4.78, 5) is 0. The van der Waals surface area contributed by atoms with Gasteiger partial charge in [0.1, 0.15) is 5.60 Å². The smallest absolute Gasteiger partial charge is 0.168 e. The zero-order chi connectivity index (χ0) is 11.8. The first kappa shape index (κ1) is 11.1. The van der Waals surface area contributed by atoms with E-state index in [4.69, 9.17) is 9.47 Å². The van der Waals surface area contributed by atoms with Crippen LogP contribution in [-0.4, -0.2) is 34.3 Å². The van der Waals surface area contributed by atoms with E-state index in [0.29, 0.717) is 44.6 Å². The summed E-state index contributed by atoms with van der Waals surface area (Å²) in [6.07, 6.45) is 4.23. The first-order chi connectivity index (χ1) is 8.23. The molecule has 5 heteroatoms. The van der Waals surface area contributed by atoms with Gasteiger partial charge in [0, 0.05) is 19.0 Å². The van der Waals surface area contributed by atoms with Crippen molar-refractivity contribution in [2.75, 3.05) is 13.2 Å². The molecule has 0 amide bonds. The van der Waals surface area contributed by atoms with Crippen LogP contribution in [0.4, 0.5) is 0 Å². The van der Waals surface area contributed by atoms with Gasteiger partial charge in [-0.25, -0.2) is 0 Å². The molecule has 92 valence electrons. The maximum Gasteiger partial charge on any atom is 0.168 e. The van der Waals surface area contributed by atoms with Crippen LogP contribution in [0.1, 0.15) is 31.4 Å². The van der Waals surface area contributed by atoms with Crippen molar-refractivity contribution in [1.29, 1.82) is 0 Å². The van der Waals surface area contributed by atoms with Gasteiger partial charge in [0.15, 0.2) is 5.79 Å². The molecule has 1 spiro atoms. The summed E-state index contributed by atoms with van der Waals surface area (Å²) >= 11 is 0. The molecular formula is C12H16N2O3. The fourth-order valence-corrected chi connectivity index (χ4v) is 2.64. The highest BCUT2D eigenvalue weighted by Gasteiger charge is 2.46. The van der Waals surface area contributed by atoms with Gasteiger partial charge < -0.3 is 14.6 Å². The van der Waals surface area contributed by atoms with Crippen LogP contribution in [0.5, 0.6) is 0 Å². The van der Waals surface area contributed by atoms with Crippen LogP contribution in [0.2, 0.25) is 0 Å². The van der Waals surface area contributed by atoms with Gasteiger partial charge in [-0.2, -0.15) is 10.2 Å². The van der Waals surface area contributed by atoms with Gasteiger partial charge >= 0.3 is 0 Å². The lowest BCUT2D eigenvalue weighted by atomic mass is 9.79. The molecule has 0 aromatic carbocycles. The van der Waals surface area contributed by atoms with E-state index in [1.165, 1.54) is 0 Å². The van der Waals surface area contributed by atoms with E-state index < -0.39 is 11.4 Å². The Morgan fingerprint density at radius 2 is 1.82 bits per heavy atom. The molecule has 0 radical (unpaired) electrons. The van der Waals surface area contributed by atoms with Crippen molar-refractivity contribution < 1.29 is 14.6 Å². The maximum absolute atomic E-state index is 10.6. The highest BCUT2D eigenvalue weighted by molar-refractivity contribution is 5.12. The third kappa shape index (κ3) is 1.94. The van der Waals surface area contributed by atoms with Crippen LogP contribution < -0.4 is 0 Å². The average molecular weight is 236 g/mol. The molecule has 5 nitrogen and oxygen atoms in total. The highest BCUT2D eigenvalue weighted by atomic mass is 16.7. The molecule has 17 heavy (non-hydrogen) atoms. The molecular weight excluding hydrogens is 220 g/mol. The third-order valence-corrected chi connectivity index (χ3v) is 3.70. The molecule has 0 atom stereocenters. The van der Waals surface area contributed by atoms with Crippen molar-refractivity contribution >= 4 is 0 Å². The van der Waals surface area contributed by atoms with Gasteiger partial charge in [-0.3, -0.25) is 0 Å². The summed E-state index contributed by atoms with van der Waals surface area (Å²) in [6.45, 7) is 1.31. The summed E-state index contributed by atoms with van der Waals surface area (Å²) in [6, 6.07) is 3.62. The largest absolute Gasteiger partial charge is 0.383 e. The lowest BCUT2D eigenvalue weighted by Gasteiger charge is -2.39. The number of hydrogen-bond acceptors (Lipinski definition) is 5. The zero-order valence-corrected chi connectivity index (χ0v) is 9.63. The lowest BCUT2D eigenvalue weighted by molar-refractivity contribution is -0.204. The van der Waals surface area contributed by atoms with Gasteiger partial charge in [0.25, 0.3) is 0 Å². The molecule has 1 saturated carbocycles. The Balaban J connectivity index is 1.75. The first-order valence-corrected chi connectivity index (χ1v) is 6.01. The van der Waals surface area contributed by atoms with Crippen molar-refractivity contribution in [2.45, 2.75) is 37.1 Å². The topological polar surface area (TPSA) is 64.5 Å². The van der Waals surface area contributed by atoms with Crippen LogP contribution in [0.15, 0.2) is 18.3 Å². The van der Waals surface area contributed by atoms with Gasteiger partial charge in [-0.05, 0) is 25.0 Å². The second-order valence-electron chi connectivity index (χ2n) is 4.75. The monoisotopic (exact) mass is 236 g/mol. The fraction of sp³-hybridized carbons (Fsp3) is 0.667. The summed E-state index contributed by atoms with van der Waals surface area (Å²) in [5.74, 6) is -0.450. The molecule has 1 aliphatic carbocycles. The van der Waals surface area contributed by atoms with Crippen LogP contribution in [-0.2, 0) is 15.1 Å². The van der Waals surface area contributed by atoms with Crippen LogP contribution in [0.25, 0.3) is 0 Å². The molecule has 1 N–H and O–H groups in total. The Labute approximate surface area is 99.8 Å².